The molecule has 2 aromatic rings. The zero-order valence-corrected chi connectivity index (χ0v) is 19.7. The quantitative estimate of drug-likeness (QED) is 0.288. The highest BCUT2D eigenvalue weighted by atomic mass is 127. The van der Waals surface area contributed by atoms with Crippen LogP contribution in [0.15, 0.2) is 60.7 Å². The van der Waals surface area contributed by atoms with Gasteiger partial charge in [0.1, 0.15) is 6.54 Å². The second-order valence-electron chi connectivity index (χ2n) is 8.03. The molecule has 2 aromatic carbocycles. The third kappa shape index (κ3) is 6.88. The minimum Gasteiger partial charge on any atom is -1.00 e. The lowest BCUT2D eigenvalue weighted by Gasteiger charge is -2.42. The van der Waals surface area contributed by atoms with Crippen LogP contribution in [0.2, 0.25) is 0 Å². The second-order valence-corrected chi connectivity index (χ2v) is 8.03. The maximum atomic E-state index is 6.09. The highest BCUT2D eigenvalue weighted by Gasteiger charge is 2.29. The molecule has 0 saturated heterocycles. The van der Waals surface area contributed by atoms with Gasteiger partial charge in [-0.15, -0.1) is 0 Å². The SMILES string of the molecule is CC(C)[N+](C)(CCOCCC(c1ccccc1)c1ccccc1)C(C)C.[I-]. The summed E-state index contributed by atoms with van der Waals surface area (Å²) in [7, 11) is 2.34. The van der Waals surface area contributed by atoms with Gasteiger partial charge in [0.25, 0.3) is 0 Å². The topological polar surface area (TPSA) is 9.23 Å². The Morgan fingerprint density at radius 3 is 1.59 bits per heavy atom. The number of ether oxygens (including phenoxy) is 1. The molecular weight excluding hydrogens is 445 g/mol. The van der Waals surface area contributed by atoms with Gasteiger partial charge in [-0.05, 0) is 45.2 Å². The zero-order chi connectivity index (χ0) is 19.0. The molecule has 0 atom stereocenters. The van der Waals surface area contributed by atoms with Gasteiger partial charge in [0, 0.05) is 12.5 Å². The van der Waals surface area contributed by atoms with Crippen LogP contribution >= 0.6 is 0 Å². The molecule has 0 spiro atoms. The van der Waals surface area contributed by atoms with Crippen molar-refractivity contribution in [2.24, 2.45) is 0 Å². The van der Waals surface area contributed by atoms with Gasteiger partial charge in [-0.1, -0.05) is 60.7 Å². The fourth-order valence-electron chi connectivity index (χ4n) is 3.57. The van der Waals surface area contributed by atoms with Crippen molar-refractivity contribution in [2.45, 2.75) is 52.1 Å². The normalized spacial score (nSPS) is 11.9. The predicted octanol–water partition coefficient (Wildman–Crippen LogP) is 2.49. The van der Waals surface area contributed by atoms with Crippen molar-refractivity contribution in [3.8, 4) is 0 Å². The number of hydrogen-bond donors (Lipinski definition) is 0. The van der Waals surface area contributed by atoms with Gasteiger partial charge in [0.05, 0.1) is 25.7 Å². The Hall–Kier alpha value is -0.910. The average Bonchev–Trinajstić information content (AvgIpc) is 2.65. The van der Waals surface area contributed by atoms with E-state index in [0.717, 1.165) is 30.7 Å². The summed E-state index contributed by atoms with van der Waals surface area (Å²) in [6, 6.07) is 22.8. The van der Waals surface area contributed by atoms with Crippen LogP contribution in [0.5, 0.6) is 0 Å². The Kier molecular flexibility index (Phi) is 10.6. The number of nitrogens with zero attached hydrogens (tertiary/aromatic N) is 1. The first-order chi connectivity index (χ1) is 12.4. The maximum absolute atomic E-state index is 6.09. The van der Waals surface area contributed by atoms with Crippen molar-refractivity contribution >= 4 is 0 Å². The van der Waals surface area contributed by atoms with E-state index in [0.29, 0.717) is 18.0 Å². The highest BCUT2D eigenvalue weighted by molar-refractivity contribution is 5.32. The molecule has 0 aliphatic heterocycles. The van der Waals surface area contributed by atoms with Gasteiger partial charge in [-0.3, -0.25) is 0 Å². The molecule has 0 unspecified atom stereocenters. The van der Waals surface area contributed by atoms with E-state index in [1.54, 1.807) is 0 Å². The van der Waals surface area contributed by atoms with Crippen molar-refractivity contribution in [3.05, 3.63) is 71.8 Å². The Bertz CT molecular complexity index is 580. The Balaban J connectivity index is 0.00000364. The monoisotopic (exact) mass is 481 g/mol. The molecule has 0 saturated carbocycles. The maximum Gasteiger partial charge on any atom is 0.103 e. The van der Waals surface area contributed by atoms with Crippen molar-refractivity contribution in [3.63, 3.8) is 0 Å². The van der Waals surface area contributed by atoms with E-state index in [1.165, 1.54) is 11.1 Å². The smallest absolute Gasteiger partial charge is 0.103 e. The van der Waals surface area contributed by atoms with Crippen molar-refractivity contribution < 1.29 is 33.2 Å². The van der Waals surface area contributed by atoms with Gasteiger partial charge in [0.15, 0.2) is 0 Å². The van der Waals surface area contributed by atoms with Gasteiger partial charge >= 0.3 is 0 Å². The molecule has 0 bridgehead atoms. The molecule has 0 N–H and O–H groups in total. The zero-order valence-electron chi connectivity index (χ0n) is 17.6. The first-order valence-corrected chi connectivity index (χ1v) is 9.97. The lowest BCUT2D eigenvalue weighted by Crippen LogP contribution is -3.00. The molecule has 0 heterocycles. The summed E-state index contributed by atoms with van der Waals surface area (Å²) < 4.78 is 7.14. The number of halogens is 1. The third-order valence-electron chi connectivity index (χ3n) is 6.03. The molecule has 3 heteroatoms. The van der Waals surface area contributed by atoms with Crippen LogP contribution in [-0.4, -0.2) is 43.4 Å². The summed E-state index contributed by atoms with van der Waals surface area (Å²) in [5, 5.41) is 0. The van der Waals surface area contributed by atoms with Crippen LogP contribution in [0.25, 0.3) is 0 Å². The molecule has 150 valence electrons. The summed E-state index contributed by atoms with van der Waals surface area (Å²) in [5.74, 6) is 0.397. The highest BCUT2D eigenvalue weighted by Crippen LogP contribution is 2.27. The summed E-state index contributed by atoms with van der Waals surface area (Å²) in [6.45, 7) is 11.9. The number of hydrogen-bond acceptors (Lipinski definition) is 1. The fourth-order valence-corrected chi connectivity index (χ4v) is 3.57. The number of benzene rings is 2. The van der Waals surface area contributed by atoms with E-state index in [9.17, 15) is 0 Å². The average molecular weight is 481 g/mol. The van der Waals surface area contributed by atoms with Crippen molar-refractivity contribution in [1.29, 1.82) is 0 Å². The van der Waals surface area contributed by atoms with Crippen LogP contribution in [-0.2, 0) is 4.74 Å². The first-order valence-electron chi connectivity index (χ1n) is 9.97. The van der Waals surface area contributed by atoms with Crippen LogP contribution in [0, 0.1) is 0 Å². The van der Waals surface area contributed by atoms with E-state index in [2.05, 4.69) is 95.4 Å². The van der Waals surface area contributed by atoms with Crippen molar-refractivity contribution in [2.75, 3.05) is 26.8 Å². The van der Waals surface area contributed by atoms with Gasteiger partial charge in [-0.25, -0.2) is 0 Å². The van der Waals surface area contributed by atoms with Crippen LogP contribution in [0.4, 0.5) is 0 Å². The van der Waals surface area contributed by atoms with E-state index >= 15 is 0 Å². The lowest BCUT2D eigenvalue weighted by atomic mass is 9.89. The number of quaternary nitrogens is 1. The van der Waals surface area contributed by atoms with Crippen LogP contribution in [0.3, 0.4) is 0 Å². The van der Waals surface area contributed by atoms with Crippen LogP contribution < -0.4 is 24.0 Å². The molecule has 0 aromatic heterocycles. The van der Waals surface area contributed by atoms with E-state index in [4.69, 9.17) is 4.74 Å². The van der Waals surface area contributed by atoms with Gasteiger partial charge in [-0.2, -0.15) is 0 Å². The van der Waals surface area contributed by atoms with E-state index in [-0.39, 0.29) is 24.0 Å². The number of likely N-dealkylation sites (N-methyl/N-ethyl adjacent to an activating group) is 1. The molecular formula is C24H36INO. The fraction of sp³-hybridized carbons (Fsp3) is 0.500. The summed E-state index contributed by atoms with van der Waals surface area (Å²) in [5.41, 5.74) is 2.74. The third-order valence-corrected chi connectivity index (χ3v) is 6.03. The van der Waals surface area contributed by atoms with Gasteiger partial charge < -0.3 is 33.2 Å². The predicted molar refractivity (Wildman–Crippen MR) is 111 cm³/mol. The van der Waals surface area contributed by atoms with Crippen LogP contribution in [0.1, 0.15) is 51.2 Å². The van der Waals surface area contributed by atoms with Gasteiger partial charge in [0.2, 0.25) is 0 Å². The second kappa shape index (κ2) is 11.8. The summed E-state index contributed by atoms with van der Waals surface area (Å²) >= 11 is 0. The molecule has 0 amide bonds. The Morgan fingerprint density at radius 2 is 1.19 bits per heavy atom. The molecule has 2 rings (SSSR count). The van der Waals surface area contributed by atoms with Crippen molar-refractivity contribution in [1.82, 2.24) is 0 Å². The minimum absolute atomic E-state index is 0. The molecule has 27 heavy (non-hydrogen) atoms. The Morgan fingerprint density at radius 1 is 0.741 bits per heavy atom. The minimum atomic E-state index is 0. The lowest BCUT2D eigenvalue weighted by molar-refractivity contribution is -0.949. The molecule has 2 nitrogen and oxygen atoms in total. The standard InChI is InChI=1S/C24H36NO.HI/c1-20(2)25(5,21(3)4)17-19-26-18-16-24(22-12-8-6-9-13-22)23-14-10-7-11-15-23;/h6-15,20-21,24H,16-19H2,1-5H3;1H/q+1;/p-1. The summed E-state index contributed by atoms with van der Waals surface area (Å²) in [6.07, 6.45) is 1.01. The molecule has 0 radical (unpaired) electrons. The largest absolute Gasteiger partial charge is 1.00 e. The summed E-state index contributed by atoms with van der Waals surface area (Å²) in [4.78, 5) is 0. The molecule has 0 aliphatic carbocycles. The van der Waals surface area contributed by atoms with E-state index in [1.807, 2.05) is 0 Å². The molecule has 0 aliphatic rings. The Labute approximate surface area is 183 Å². The first kappa shape index (κ1) is 24.1. The number of rotatable bonds is 10. The van der Waals surface area contributed by atoms with E-state index < -0.39 is 0 Å². The molecule has 0 fully saturated rings.